The maximum absolute atomic E-state index is 12.4. The van der Waals surface area contributed by atoms with Crippen molar-refractivity contribution in [2.45, 2.75) is 13.5 Å². The Balaban J connectivity index is 1.70. The number of amides is 1. The molecule has 10 heteroatoms. The summed E-state index contributed by atoms with van der Waals surface area (Å²) in [4.78, 5) is 22.5. The fourth-order valence-electron chi connectivity index (χ4n) is 3.03. The lowest BCUT2D eigenvalue weighted by molar-refractivity contribution is -0.384. The van der Waals surface area contributed by atoms with Gasteiger partial charge in [0.25, 0.3) is 11.6 Å². The van der Waals surface area contributed by atoms with Gasteiger partial charge in [0.1, 0.15) is 0 Å². The van der Waals surface area contributed by atoms with Crippen molar-refractivity contribution in [1.82, 2.24) is 5.43 Å². The van der Waals surface area contributed by atoms with Gasteiger partial charge in [-0.25, -0.2) is 13.8 Å². The quantitative estimate of drug-likeness (QED) is 0.309. The van der Waals surface area contributed by atoms with Crippen LogP contribution in [-0.2, 0) is 16.6 Å². The van der Waals surface area contributed by atoms with Gasteiger partial charge in [-0.1, -0.05) is 24.3 Å². The smallest absolute Gasteiger partial charge is 0.267 e. The van der Waals surface area contributed by atoms with Gasteiger partial charge in [0.05, 0.1) is 29.6 Å². The molecular formula is C23H22N4O5S. The van der Waals surface area contributed by atoms with Gasteiger partial charge in [-0.05, 0) is 60.0 Å². The van der Waals surface area contributed by atoms with Gasteiger partial charge in [0.2, 0.25) is 10.0 Å². The first-order chi connectivity index (χ1) is 15.6. The number of nitrogens with one attached hydrogen (secondary N) is 1. The van der Waals surface area contributed by atoms with E-state index in [9.17, 15) is 23.3 Å². The highest BCUT2D eigenvalue weighted by atomic mass is 32.2. The summed E-state index contributed by atoms with van der Waals surface area (Å²) < 4.78 is 26.1. The number of nitrogens with zero attached hydrogens (tertiary/aromatic N) is 3. The van der Waals surface area contributed by atoms with Crippen LogP contribution in [0.25, 0.3) is 0 Å². The molecule has 1 amide bonds. The maximum atomic E-state index is 12.4. The summed E-state index contributed by atoms with van der Waals surface area (Å²) in [5.74, 6) is -0.482. The van der Waals surface area contributed by atoms with Gasteiger partial charge in [-0.3, -0.25) is 19.2 Å². The number of aryl methyl sites for hydroxylation is 1. The molecule has 0 saturated heterocycles. The van der Waals surface area contributed by atoms with Crippen LogP contribution in [0.1, 0.15) is 27.0 Å². The van der Waals surface area contributed by atoms with E-state index in [1.165, 1.54) is 46.9 Å². The summed E-state index contributed by atoms with van der Waals surface area (Å²) in [5.41, 5.74) is 5.51. The number of benzene rings is 3. The highest BCUT2D eigenvalue weighted by molar-refractivity contribution is 7.92. The standard InChI is InChI=1S/C23H22N4O5S/c1-17-5-3-4-6-20(17)16-26(33(2,31)32)21-13-9-19(10-14-21)23(28)25-24-15-18-7-11-22(12-8-18)27(29)30/h3-15H,16H2,1-2H3,(H,25,28)/b24-15-. The van der Waals surface area contributed by atoms with Crippen LogP contribution in [0.4, 0.5) is 11.4 Å². The van der Waals surface area contributed by atoms with E-state index in [0.29, 0.717) is 16.8 Å². The molecule has 9 nitrogen and oxygen atoms in total. The molecule has 0 unspecified atom stereocenters. The van der Waals surface area contributed by atoms with Gasteiger partial charge >= 0.3 is 0 Å². The van der Waals surface area contributed by atoms with Crippen molar-refractivity contribution in [1.29, 1.82) is 0 Å². The van der Waals surface area contributed by atoms with Crippen LogP contribution in [0.5, 0.6) is 0 Å². The molecule has 0 aliphatic carbocycles. The van der Waals surface area contributed by atoms with Crippen molar-refractivity contribution < 1.29 is 18.1 Å². The third-order valence-corrected chi connectivity index (χ3v) is 6.02. The molecule has 3 aromatic carbocycles. The fraction of sp³-hybridized carbons (Fsp3) is 0.130. The monoisotopic (exact) mass is 466 g/mol. The predicted octanol–water partition coefficient (Wildman–Crippen LogP) is 3.63. The summed E-state index contributed by atoms with van der Waals surface area (Å²) in [7, 11) is -3.55. The van der Waals surface area contributed by atoms with E-state index in [4.69, 9.17) is 0 Å². The normalized spacial score (nSPS) is 11.3. The first kappa shape index (κ1) is 23.6. The van der Waals surface area contributed by atoms with Gasteiger partial charge in [0.15, 0.2) is 0 Å². The first-order valence-corrected chi connectivity index (χ1v) is 11.7. The molecule has 3 rings (SSSR count). The fourth-order valence-corrected chi connectivity index (χ4v) is 3.91. The molecule has 0 aliphatic rings. The van der Waals surface area contributed by atoms with Crippen LogP contribution < -0.4 is 9.73 Å². The third-order valence-electron chi connectivity index (χ3n) is 4.88. The zero-order valence-corrected chi connectivity index (χ0v) is 18.8. The SMILES string of the molecule is Cc1ccccc1CN(c1ccc(C(=O)N/N=C\c2ccc([N+](=O)[O-])cc2)cc1)S(C)(=O)=O. The summed E-state index contributed by atoms with van der Waals surface area (Å²) in [6, 6.07) is 19.4. The summed E-state index contributed by atoms with van der Waals surface area (Å²) in [5, 5.41) is 14.5. The minimum atomic E-state index is -3.55. The lowest BCUT2D eigenvalue weighted by atomic mass is 10.1. The largest absolute Gasteiger partial charge is 0.271 e. The Morgan fingerprint density at radius 3 is 2.27 bits per heavy atom. The molecule has 0 saturated carbocycles. The zero-order valence-electron chi connectivity index (χ0n) is 18.0. The van der Waals surface area contributed by atoms with Crippen molar-refractivity contribution >= 4 is 33.5 Å². The second kappa shape index (κ2) is 10.0. The van der Waals surface area contributed by atoms with Gasteiger partial charge in [-0.2, -0.15) is 5.10 Å². The molecule has 0 heterocycles. The molecule has 170 valence electrons. The molecule has 0 radical (unpaired) electrons. The molecule has 0 bridgehead atoms. The first-order valence-electron chi connectivity index (χ1n) is 9.85. The van der Waals surface area contributed by atoms with E-state index in [-0.39, 0.29) is 12.2 Å². The van der Waals surface area contributed by atoms with E-state index in [1.807, 2.05) is 31.2 Å². The Morgan fingerprint density at radius 1 is 1.06 bits per heavy atom. The van der Waals surface area contributed by atoms with E-state index in [0.717, 1.165) is 17.4 Å². The number of sulfonamides is 1. The number of nitro benzene ring substituents is 1. The Labute approximate surface area is 191 Å². The average molecular weight is 467 g/mol. The van der Waals surface area contributed by atoms with E-state index >= 15 is 0 Å². The van der Waals surface area contributed by atoms with Crippen LogP contribution >= 0.6 is 0 Å². The number of rotatable bonds is 8. The second-order valence-electron chi connectivity index (χ2n) is 7.29. The number of nitro groups is 1. The van der Waals surface area contributed by atoms with Gasteiger partial charge < -0.3 is 0 Å². The predicted molar refractivity (Wildman–Crippen MR) is 127 cm³/mol. The third kappa shape index (κ3) is 6.23. The number of carbonyl (C=O) groups excluding carboxylic acids is 1. The highest BCUT2D eigenvalue weighted by Crippen LogP contribution is 2.22. The molecule has 1 N–H and O–H groups in total. The van der Waals surface area contributed by atoms with Crippen molar-refractivity contribution in [3.05, 3.63) is 105 Å². The summed E-state index contributed by atoms with van der Waals surface area (Å²) in [6.45, 7) is 2.09. The van der Waals surface area contributed by atoms with Crippen LogP contribution in [0.2, 0.25) is 0 Å². The number of hydrogen-bond donors (Lipinski definition) is 1. The molecule has 0 aliphatic heterocycles. The van der Waals surface area contributed by atoms with Crippen molar-refractivity contribution in [3.63, 3.8) is 0 Å². The lowest BCUT2D eigenvalue weighted by Gasteiger charge is -2.23. The summed E-state index contributed by atoms with van der Waals surface area (Å²) >= 11 is 0. The molecule has 3 aromatic rings. The lowest BCUT2D eigenvalue weighted by Crippen LogP contribution is -2.29. The molecular weight excluding hydrogens is 444 g/mol. The van der Waals surface area contributed by atoms with Crippen molar-refractivity contribution in [2.24, 2.45) is 5.10 Å². The zero-order chi connectivity index (χ0) is 24.0. The van der Waals surface area contributed by atoms with E-state index < -0.39 is 20.9 Å². The molecule has 0 aromatic heterocycles. The number of hydrazone groups is 1. The van der Waals surface area contributed by atoms with Crippen LogP contribution in [0.15, 0.2) is 77.9 Å². The van der Waals surface area contributed by atoms with Crippen molar-refractivity contribution in [2.75, 3.05) is 10.6 Å². The number of hydrogen-bond acceptors (Lipinski definition) is 6. The second-order valence-corrected chi connectivity index (χ2v) is 9.20. The maximum Gasteiger partial charge on any atom is 0.271 e. The number of anilines is 1. The van der Waals surface area contributed by atoms with E-state index in [2.05, 4.69) is 10.5 Å². The Morgan fingerprint density at radius 2 is 1.70 bits per heavy atom. The van der Waals surface area contributed by atoms with Crippen molar-refractivity contribution in [3.8, 4) is 0 Å². The highest BCUT2D eigenvalue weighted by Gasteiger charge is 2.19. The van der Waals surface area contributed by atoms with Crippen LogP contribution in [0.3, 0.4) is 0 Å². The number of carbonyl (C=O) groups is 1. The molecule has 0 fully saturated rings. The molecule has 0 spiro atoms. The van der Waals surface area contributed by atoms with E-state index in [1.54, 1.807) is 12.1 Å². The topological polar surface area (TPSA) is 122 Å². The minimum absolute atomic E-state index is 0.0400. The Kier molecular flexibility index (Phi) is 7.19. The van der Waals surface area contributed by atoms with Crippen LogP contribution in [-0.4, -0.2) is 31.7 Å². The average Bonchev–Trinajstić information content (AvgIpc) is 2.78. The summed E-state index contributed by atoms with van der Waals surface area (Å²) in [6.07, 6.45) is 2.50. The minimum Gasteiger partial charge on any atom is -0.267 e. The van der Waals surface area contributed by atoms with Gasteiger partial charge in [0, 0.05) is 17.7 Å². The van der Waals surface area contributed by atoms with Gasteiger partial charge in [-0.15, -0.1) is 0 Å². The number of non-ortho nitro benzene ring substituents is 1. The Bertz CT molecular complexity index is 1290. The Hall–Kier alpha value is -4.05. The van der Waals surface area contributed by atoms with Crippen LogP contribution in [0, 0.1) is 17.0 Å². The molecule has 0 atom stereocenters. The molecule has 33 heavy (non-hydrogen) atoms.